The summed E-state index contributed by atoms with van der Waals surface area (Å²) in [5, 5.41) is 19.0. The van der Waals surface area contributed by atoms with Crippen molar-refractivity contribution in [2.45, 2.75) is 19.4 Å². The van der Waals surface area contributed by atoms with Crippen LogP contribution in [0.2, 0.25) is 0 Å². The van der Waals surface area contributed by atoms with Gasteiger partial charge in [0.15, 0.2) is 0 Å². The number of carbonyl (C=O) groups is 1. The van der Waals surface area contributed by atoms with Gasteiger partial charge in [0, 0.05) is 25.0 Å². The normalized spacial score (nSPS) is 15.8. The number of ether oxygens (including phenoxy) is 1. The molecule has 2 heterocycles. The number of rotatable bonds is 6. The van der Waals surface area contributed by atoms with Crippen LogP contribution in [0.5, 0.6) is 5.75 Å². The second kappa shape index (κ2) is 7.87. The van der Waals surface area contributed by atoms with Crippen molar-refractivity contribution in [2.75, 3.05) is 35.6 Å². The number of hydrogen-bond acceptors (Lipinski definition) is 8. The zero-order valence-electron chi connectivity index (χ0n) is 14.5. The van der Waals surface area contributed by atoms with E-state index in [0.29, 0.717) is 30.6 Å². The lowest BCUT2D eigenvalue weighted by Crippen LogP contribution is -2.23. The first-order valence-electron chi connectivity index (χ1n) is 8.43. The number of benzene rings is 1. The monoisotopic (exact) mass is 358 g/mol. The third-order valence-corrected chi connectivity index (χ3v) is 3.79. The van der Waals surface area contributed by atoms with Crippen molar-refractivity contribution < 1.29 is 14.6 Å². The summed E-state index contributed by atoms with van der Waals surface area (Å²) in [6.45, 7) is 3.33. The Labute approximate surface area is 151 Å². The number of fused-ring (bicyclic) bond motifs is 1. The number of nitrogens with zero attached hydrogens (tertiary/aromatic N) is 2. The van der Waals surface area contributed by atoms with Crippen LogP contribution in [0.25, 0.3) is 0 Å². The molecule has 9 nitrogen and oxygen atoms in total. The molecular formula is C17H22N6O3. The Morgan fingerprint density at radius 2 is 2.35 bits per heavy atom. The van der Waals surface area contributed by atoms with Crippen molar-refractivity contribution in [3.05, 3.63) is 30.0 Å². The number of aliphatic hydroxyl groups excluding tert-OH is 1. The predicted molar refractivity (Wildman–Crippen MR) is 99.0 cm³/mol. The Balaban J connectivity index is 1.81. The second-order valence-electron chi connectivity index (χ2n) is 5.93. The fraction of sp³-hybridized carbons (Fsp3) is 0.353. The Hall–Kier alpha value is -3.07. The molecule has 0 radical (unpaired) electrons. The van der Waals surface area contributed by atoms with Crippen LogP contribution >= 0.6 is 0 Å². The molecular weight excluding hydrogens is 336 g/mol. The number of hydrogen-bond donors (Lipinski definition) is 5. The van der Waals surface area contributed by atoms with Gasteiger partial charge in [-0.15, -0.1) is 0 Å². The van der Waals surface area contributed by atoms with Crippen molar-refractivity contribution in [2.24, 2.45) is 5.73 Å². The average molecular weight is 358 g/mol. The van der Waals surface area contributed by atoms with E-state index in [0.717, 1.165) is 17.8 Å². The number of β-amino-alcohol motifs (C(OH)–C–C–N with tert-alkyl or cyclic N) is 1. The zero-order valence-corrected chi connectivity index (χ0v) is 14.5. The minimum absolute atomic E-state index is 0.245. The Morgan fingerprint density at radius 3 is 3.12 bits per heavy atom. The summed E-state index contributed by atoms with van der Waals surface area (Å²) in [4.78, 5) is 20.0. The highest BCUT2D eigenvalue weighted by Crippen LogP contribution is 2.30. The number of carbonyl (C=O) groups excluding carboxylic acids is 1. The van der Waals surface area contributed by atoms with Crippen LogP contribution in [0.4, 0.5) is 23.1 Å². The van der Waals surface area contributed by atoms with Crippen molar-refractivity contribution in [3.8, 4) is 5.75 Å². The van der Waals surface area contributed by atoms with Gasteiger partial charge in [-0.25, -0.2) is 4.98 Å². The standard InChI is InChI=1S/C17H22N6O3/c1-2-5-19-16-12(15(18)25)8-21-17(23-16)22-10-3-4-14-13(6-10)20-7-11(24)9-26-14/h3-4,6,8,11,20,24H,2,5,7,9H2,1H3,(H2,18,25)(H2,19,21,22,23)/t11-/m0/s1. The summed E-state index contributed by atoms with van der Waals surface area (Å²) in [5.74, 6) is 0.821. The molecule has 0 spiro atoms. The van der Waals surface area contributed by atoms with Gasteiger partial charge >= 0.3 is 0 Å². The molecule has 0 saturated heterocycles. The van der Waals surface area contributed by atoms with Gasteiger partial charge in [-0.1, -0.05) is 6.92 Å². The van der Waals surface area contributed by atoms with E-state index >= 15 is 0 Å². The van der Waals surface area contributed by atoms with Crippen LogP contribution in [-0.2, 0) is 0 Å². The minimum atomic E-state index is -0.583. The summed E-state index contributed by atoms with van der Waals surface area (Å²) < 4.78 is 5.54. The molecule has 1 aromatic heterocycles. The number of nitrogens with one attached hydrogen (secondary N) is 3. The van der Waals surface area contributed by atoms with E-state index in [1.165, 1.54) is 6.20 Å². The third kappa shape index (κ3) is 4.12. The van der Waals surface area contributed by atoms with Gasteiger partial charge in [-0.05, 0) is 24.6 Å². The fourth-order valence-corrected chi connectivity index (χ4v) is 2.47. The lowest BCUT2D eigenvalue weighted by molar-refractivity contribution is 0.100. The van der Waals surface area contributed by atoms with Gasteiger partial charge in [0.05, 0.1) is 11.3 Å². The van der Waals surface area contributed by atoms with E-state index in [1.54, 1.807) is 6.07 Å². The summed E-state index contributed by atoms with van der Waals surface area (Å²) in [7, 11) is 0. The van der Waals surface area contributed by atoms with Gasteiger partial charge in [-0.2, -0.15) is 4.98 Å². The van der Waals surface area contributed by atoms with Crippen molar-refractivity contribution in [1.82, 2.24) is 9.97 Å². The topological polar surface area (TPSA) is 134 Å². The molecule has 1 aliphatic rings. The number of anilines is 4. The van der Waals surface area contributed by atoms with Crippen LogP contribution < -0.4 is 26.4 Å². The Kier molecular flexibility index (Phi) is 5.37. The average Bonchev–Trinajstić information content (AvgIpc) is 2.81. The van der Waals surface area contributed by atoms with E-state index < -0.39 is 12.0 Å². The molecule has 9 heteroatoms. The van der Waals surface area contributed by atoms with Crippen molar-refractivity contribution in [3.63, 3.8) is 0 Å². The van der Waals surface area contributed by atoms with Gasteiger partial charge in [0.1, 0.15) is 24.3 Å². The van der Waals surface area contributed by atoms with E-state index in [-0.39, 0.29) is 12.2 Å². The summed E-state index contributed by atoms with van der Waals surface area (Å²) >= 11 is 0. The quantitative estimate of drug-likeness (QED) is 0.522. The van der Waals surface area contributed by atoms with Crippen LogP contribution in [0.3, 0.4) is 0 Å². The lowest BCUT2D eigenvalue weighted by atomic mass is 10.2. The van der Waals surface area contributed by atoms with Crippen LogP contribution in [0.1, 0.15) is 23.7 Å². The second-order valence-corrected chi connectivity index (χ2v) is 5.93. The number of aliphatic hydroxyl groups is 1. The first-order chi connectivity index (χ1) is 12.6. The van der Waals surface area contributed by atoms with E-state index in [4.69, 9.17) is 10.5 Å². The molecule has 3 rings (SSSR count). The van der Waals surface area contributed by atoms with Crippen molar-refractivity contribution in [1.29, 1.82) is 0 Å². The van der Waals surface area contributed by atoms with E-state index in [1.807, 2.05) is 19.1 Å². The fourth-order valence-electron chi connectivity index (χ4n) is 2.47. The molecule has 0 fully saturated rings. The van der Waals surface area contributed by atoms with Crippen LogP contribution in [0.15, 0.2) is 24.4 Å². The third-order valence-electron chi connectivity index (χ3n) is 3.79. The molecule has 0 bridgehead atoms. The highest BCUT2D eigenvalue weighted by Gasteiger charge is 2.16. The highest BCUT2D eigenvalue weighted by molar-refractivity contribution is 5.97. The number of aromatic nitrogens is 2. The molecule has 1 atom stereocenters. The predicted octanol–water partition coefficient (Wildman–Crippen LogP) is 1.31. The molecule has 0 aliphatic carbocycles. The summed E-state index contributed by atoms with van der Waals surface area (Å²) in [6, 6.07) is 5.47. The molecule has 2 aromatic rings. The lowest BCUT2D eigenvalue weighted by Gasteiger charge is -2.13. The van der Waals surface area contributed by atoms with Crippen LogP contribution in [-0.4, -0.2) is 46.8 Å². The molecule has 26 heavy (non-hydrogen) atoms. The molecule has 6 N–H and O–H groups in total. The van der Waals surface area contributed by atoms with Crippen molar-refractivity contribution >= 4 is 29.0 Å². The number of nitrogens with two attached hydrogens (primary N) is 1. The molecule has 1 aliphatic heterocycles. The molecule has 138 valence electrons. The Bertz CT molecular complexity index is 798. The molecule has 1 amide bonds. The van der Waals surface area contributed by atoms with Gasteiger partial charge < -0.3 is 31.5 Å². The first-order valence-corrected chi connectivity index (χ1v) is 8.43. The largest absolute Gasteiger partial charge is 0.489 e. The van der Waals surface area contributed by atoms with Gasteiger partial charge in [0.2, 0.25) is 5.95 Å². The smallest absolute Gasteiger partial charge is 0.254 e. The van der Waals surface area contributed by atoms with Gasteiger partial charge in [-0.3, -0.25) is 4.79 Å². The summed E-state index contributed by atoms with van der Waals surface area (Å²) in [5.41, 5.74) is 7.12. The molecule has 0 saturated carbocycles. The molecule has 0 unspecified atom stereocenters. The van der Waals surface area contributed by atoms with E-state index in [9.17, 15) is 9.90 Å². The number of primary amides is 1. The summed E-state index contributed by atoms with van der Waals surface area (Å²) in [6.07, 6.45) is 1.72. The SMILES string of the molecule is CCCNc1nc(Nc2ccc3c(c2)NC[C@H](O)CO3)ncc1C(N)=O. The number of amides is 1. The maximum absolute atomic E-state index is 11.5. The zero-order chi connectivity index (χ0) is 18.5. The van der Waals surface area contributed by atoms with Gasteiger partial charge in [0.25, 0.3) is 5.91 Å². The molecule has 1 aromatic carbocycles. The van der Waals surface area contributed by atoms with E-state index in [2.05, 4.69) is 25.9 Å². The maximum Gasteiger partial charge on any atom is 0.254 e. The maximum atomic E-state index is 11.5. The first kappa shape index (κ1) is 17.7. The highest BCUT2D eigenvalue weighted by atomic mass is 16.5. The minimum Gasteiger partial charge on any atom is -0.489 e. The Morgan fingerprint density at radius 1 is 1.50 bits per heavy atom. The van der Waals surface area contributed by atoms with Crippen LogP contribution in [0, 0.1) is 0 Å².